The number of nitrogens with zero attached hydrogens (tertiary/aromatic N) is 2. The van der Waals surface area contributed by atoms with Crippen LogP contribution in [0.4, 0.5) is 8.78 Å². The first-order chi connectivity index (χ1) is 9.99. The molecule has 1 heterocycles. The van der Waals surface area contributed by atoms with Crippen molar-refractivity contribution < 1.29 is 8.78 Å². The predicted octanol–water partition coefficient (Wildman–Crippen LogP) is 4.85. The van der Waals surface area contributed by atoms with Crippen molar-refractivity contribution in [3.63, 3.8) is 0 Å². The summed E-state index contributed by atoms with van der Waals surface area (Å²) in [5, 5.41) is 0.144. The van der Waals surface area contributed by atoms with Crippen molar-refractivity contribution in [2.75, 3.05) is 0 Å². The van der Waals surface area contributed by atoms with E-state index in [4.69, 9.17) is 11.6 Å². The first kappa shape index (κ1) is 13.9. The summed E-state index contributed by atoms with van der Waals surface area (Å²) in [5.74, 6) is -0.735. The number of hydrogen-bond donors (Lipinski definition) is 0. The number of hydrogen-bond acceptors (Lipinski definition) is 2. The number of halogens is 3. The highest BCUT2D eigenvalue weighted by molar-refractivity contribution is 6.34. The van der Waals surface area contributed by atoms with Crippen molar-refractivity contribution in [1.29, 1.82) is 0 Å². The topological polar surface area (TPSA) is 25.8 Å². The Kier molecular flexibility index (Phi) is 3.33. The van der Waals surface area contributed by atoms with E-state index in [0.717, 1.165) is 5.56 Å². The van der Waals surface area contributed by atoms with Gasteiger partial charge in [-0.2, -0.15) is 0 Å². The van der Waals surface area contributed by atoms with Gasteiger partial charge in [0.1, 0.15) is 16.8 Å². The van der Waals surface area contributed by atoms with Gasteiger partial charge in [-0.1, -0.05) is 29.8 Å². The quantitative estimate of drug-likeness (QED) is 0.601. The SMILES string of the molecule is Cc1cccc(-c2nc(Cl)c3c(F)ccc(C)c3n2)c1F. The molecule has 0 aliphatic heterocycles. The van der Waals surface area contributed by atoms with Crippen LogP contribution in [0.15, 0.2) is 30.3 Å². The first-order valence-electron chi connectivity index (χ1n) is 6.37. The summed E-state index contributed by atoms with van der Waals surface area (Å²) in [6.07, 6.45) is 0. The van der Waals surface area contributed by atoms with Crippen LogP contribution < -0.4 is 0 Å². The van der Waals surface area contributed by atoms with Gasteiger partial charge in [0.05, 0.1) is 16.5 Å². The number of rotatable bonds is 1. The van der Waals surface area contributed by atoms with Gasteiger partial charge >= 0.3 is 0 Å². The fourth-order valence-corrected chi connectivity index (χ4v) is 2.49. The highest BCUT2D eigenvalue weighted by atomic mass is 35.5. The number of aromatic nitrogens is 2. The molecule has 0 amide bonds. The third-order valence-corrected chi connectivity index (χ3v) is 3.66. The highest BCUT2D eigenvalue weighted by Crippen LogP contribution is 2.30. The maximum absolute atomic E-state index is 14.2. The Morgan fingerprint density at radius 1 is 0.952 bits per heavy atom. The van der Waals surface area contributed by atoms with E-state index in [2.05, 4.69) is 9.97 Å². The predicted molar refractivity (Wildman–Crippen MR) is 79.4 cm³/mol. The molecule has 0 aliphatic carbocycles. The van der Waals surface area contributed by atoms with Gasteiger partial charge in [0.2, 0.25) is 0 Å². The molecule has 0 atom stereocenters. The van der Waals surface area contributed by atoms with E-state index in [-0.39, 0.29) is 21.9 Å². The van der Waals surface area contributed by atoms with Gasteiger partial charge in [0.25, 0.3) is 0 Å². The summed E-state index contributed by atoms with van der Waals surface area (Å²) in [6, 6.07) is 7.88. The lowest BCUT2D eigenvalue weighted by Crippen LogP contribution is -1.98. The van der Waals surface area contributed by atoms with Crippen molar-refractivity contribution in [2.45, 2.75) is 13.8 Å². The second kappa shape index (κ2) is 5.04. The van der Waals surface area contributed by atoms with Crippen LogP contribution in [0, 0.1) is 25.5 Å². The van der Waals surface area contributed by atoms with Crippen LogP contribution in [-0.2, 0) is 0 Å². The molecule has 3 aromatic rings. The Bertz CT molecular complexity index is 863. The van der Waals surface area contributed by atoms with Gasteiger partial charge in [0, 0.05) is 0 Å². The monoisotopic (exact) mass is 304 g/mol. The van der Waals surface area contributed by atoms with Crippen LogP contribution in [0.1, 0.15) is 11.1 Å². The fourth-order valence-electron chi connectivity index (χ4n) is 2.23. The summed E-state index contributed by atoms with van der Waals surface area (Å²) in [7, 11) is 0. The molecule has 0 unspecified atom stereocenters. The Morgan fingerprint density at radius 3 is 2.48 bits per heavy atom. The largest absolute Gasteiger partial charge is 0.227 e. The van der Waals surface area contributed by atoms with Crippen molar-refractivity contribution >= 4 is 22.5 Å². The zero-order valence-electron chi connectivity index (χ0n) is 11.4. The van der Waals surface area contributed by atoms with E-state index in [1.54, 1.807) is 38.1 Å². The standard InChI is InChI=1S/C16H11ClF2N2/c1-8-4-3-5-10(13(8)19)16-20-14-9(2)6-7-11(18)12(14)15(17)21-16/h3-7H,1-2H3. The van der Waals surface area contributed by atoms with E-state index in [1.165, 1.54) is 6.07 Å². The maximum Gasteiger partial charge on any atom is 0.164 e. The van der Waals surface area contributed by atoms with E-state index in [1.807, 2.05) is 0 Å². The Labute approximate surface area is 125 Å². The lowest BCUT2D eigenvalue weighted by atomic mass is 10.1. The van der Waals surface area contributed by atoms with Crippen molar-refractivity contribution in [3.8, 4) is 11.4 Å². The molecule has 1 aromatic heterocycles. The second-order valence-electron chi connectivity index (χ2n) is 4.86. The van der Waals surface area contributed by atoms with Crippen molar-refractivity contribution in [2.24, 2.45) is 0 Å². The van der Waals surface area contributed by atoms with Crippen LogP contribution in [-0.4, -0.2) is 9.97 Å². The Hall–Kier alpha value is -2.07. The minimum absolute atomic E-state index is 0.0166. The van der Waals surface area contributed by atoms with Crippen molar-refractivity contribution in [1.82, 2.24) is 9.97 Å². The van der Waals surface area contributed by atoms with E-state index >= 15 is 0 Å². The second-order valence-corrected chi connectivity index (χ2v) is 5.22. The Balaban J connectivity index is 2.36. The minimum atomic E-state index is -0.489. The zero-order valence-corrected chi connectivity index (χ0v) is 12.2. The van der Waals surface area contributed by atoms with Gasteiger partial charge in [-0.25, -0.2) is 18.7 Å². The fraction of sp³-hybridized carbons (Fsp3) is 0.125. The summed E-state index contributed by atoms with van der Waals surface area (Å²) in [5.41, 5.74) is 1.89. The molecular formula is C16H11ClF2N2. The van der Waals surface area contributed by atoms with E-state index in [9.17, 15) is 8.78 Å². The van der Waals surface area contributed by atoms with Crippen LogP contribution in [0.2, 0.25) is 5.15 Å². The highest BCUT2D eigenvalue weighted by Gasteiger charge is 2.16. The Morgan fingerprint density at radius 2 is 1.71 bits per heavy atom. The maximum atomic E-state index is 14.2. The van der Waals surface area contributed by atoms with Crippen LogP contribution in [0.25, 0.3) is 22.3 Å². The number of benzene rings is 2. The molecule has 0 spiro atoms. The minimum Gasteiger partial charge on any atom is -0.227 e. The molecule has 106 valence electrons. The molecule has 2 aromatic carbocycles. The molecule has 0 saturated carbocycles. The normalized spacial score (nSPS) is 11.1. The average Bonchev–Trinajstić information content (AvgIpc) is 2.45. The molecule has 21 heavy (non-hydrogen) atoms. The molecule has 0 aliphatic rings. The number of fused-ring (bicyclic) bond motifs is 1. The molecular weight excluding hydrogens is 294 g/mol. The lowest BCUT2D eigenvalue weighted by molar-refractivity contribution is 0.621. The summed E-state index contributed by atoms with van der Waals surface area (Å²) in [4.78, 5) is 8.34. The molecule has 3 rings (SSSR count). The van der Waals surface area contributed by atoms with Gasteiger partial charge in [-0.3, -0.25) is 0 Å². The molecule has 2 nitrogen and oxygen atoms in total. The lowest BCUT2D eigenvalue weighted by Gasteiger charge is -2.09. The summed E-state index contributed by atoms with van der Waals surface area (Å²) < 4.78 is 28.1. The van der Waals surface area contributed by atoms with Gasteiger partial charge < -0.3 is 0 Å². The molecule has 0 saturated heterocycles. The van der Waals surface area contributed by atoms with Gasteiger partial charge in [-0.05, 0) is 37.1 Å². The van der Waals surface area contributed by atoms with E-state index in [0.29, 0.717) is 11.1 Å². The summed E-state index contributed by atoms with van der Waals surface area (Å²) in [6.45, 7) is 3.45. The molecule has 0 radical (unpaired) electrons. The third-order valence-electron chi connectivity index (χ3n) is 3.39. The average molecular weight is 305 g/mol. The molecule has 0 bridgehead atoms. The molecule has 0 fully saturated rings. The van der Waals surface area contributed by atoms with Gasteiger partial charge in [-0.15, -0.1) is 0 Å². The smallest absolute Gasteiger partial charge is 0.164 e. The van der Waals surface area contributed by atoms with Crippen LogP contribution in [0.3, 0.4) is 0 Å². The molecule has 0 N–H and O–H groups in total. The molecule has 5 heteroatoms. The van der Waals surface area contributed by atoms with Gasteiger partial charge in [0.15, 0.2) is 5.82 Å². The van der Waals surface area contributed by atoms with Crippen LogP contribution in [0.5, 0.6) is 0 Å². The summed E-state index contributed by atoms with van der Waals surface area (Å²) >= 11 is 6.07. The van der Waals surface area contributed by atoms with E-state index < -0.39 is 11.6 Å². The number of aryl methyl sites for hydroxylation is 2. The third kappa shape index (κ3) is 2.25. The van der Waals surface area contributed by atoms with Crippen molar-refractivity contribution in [3.05, 3.63) is 58.2 Å². The zero-order chi connectivity index (χ0) is 15.1. The first-order valence-corrected chi connectivity index (χ1v) is 6.74. The van der Waals surface area contributed by atoms with Crippen LogP contribution >= 0.6 is 11.6 Å².